The van der Waals surface area contributed by atoms with Crippen molar-refractivity contribution in [1.29, 1.82) is 0 Å². The minimum absolute atomic E-state index is 0.000768. The summed E-state index contributed by atoms with van der Waals surface area (Å²) in [6.45, 7) is 3.94. The molecular formula is C21H25FN4O. The van der Waals surface area contributed by atoms with E-state index in [2.05, 4.69) is 45.3 Å². The van der Waals surface area contributed by atoms with Crippen molar-refractivity contribution in [2.75, 3.05) is 26.2 Å². The summed E-state index contributed by atoms with van der Waals surface area (Å²) in [5.41, 5.74) is 9.72. The second-order valence-corrected chi connectivity index (χ2v) is 7.25. The lowest BCUT2D eigenvalue weighted by atomic mass is 9.94. The molecule has 27 heavy (non-hydrogen) atoms. The molecule has 0 spiro atoms. The minimum Gasteiger partial charge on any atom is -0.354 e. The fourth-order valence-electron chi connectivity index (χ4n) is 3.97. The summed E-state index contributed by atoms with van der Waals surface area (Å²) in [4.78, 5) is 15.0. The van der Waals surface area contributed by atoms with E-state index in [0.717, 1.165) is 31.6 Å². The molecule has 5 nitrogen and oxygen atoms in total. The number of rotatable bonds is 5. The summed E-state index contributed by atoms with van der Waals surface area (Å²) in [5.74, 6) is -0.543. The van der Waals surface area contributed by atoms with Crippen molar-refractivity contribution in [1.82, 2.24) is 21.1 Å². The number of nitrogens with one attached hydrogen (secondary N) is 3. The molecule has 1 fully saturated rings. The van der Waals surface area contributed by atoms with Gasteiger partial charge in [0.1, 0.15) is 5.82 Å². The minimum atomic E-state index is -0.286. The number of carbonyl (C=O) groups is 1. The Morgan fingerprint density at radius 1 is 1.19 bits per heavy atom. The number of carbonyl (C=O) groups excluding carboxylic acids is 1. The fraction of sp³-hybridized carbons (Fsp3) is 0.381. The predicted molar refractivity (Wildman–Crippen MR) is 102 cm³/mol. The smallest absolute Gasteiger partial charge is 0.226 e. The van der Waals surface area contributed by atoms with Crippen molar-refractivity contribution in [2.45, 2.75) is 19.0 Å². The van der Waals surface area contributed by atoms with E-state index in [1.54, 1.807) is 6.07 Å². The Morgan fingerprint density at radius 2 is 2.04 bits per heavy atom. The molecule has 2 unspecified atom stereocenters. The zero-order valence-electron chi connectivity index (χ0n) is 15.2. The van der Waals surface area contributed by atoms with Gasteiger partial charge in [-0.15, -0.1) is 0 Å². The van der Waals surface area contributed by atoms with Gasteiger partial charge in [-0.05, 0) is 35.2 Å². The monoisotopic (exact) mass is 368 g/mol. The molecule has 0 aromatic heterocycles. The van der Waals surface area contributed by atoms with Crippen LogP contribution in [0.5, 0.6) is 0 Å². The number of hydrazine groups is 1. The standard InChI is InChI=1S/C21H25FN4O/c22-18-7-3-6-16(12-18)20-19(13-24-25-20)21(27)23-9-11-26-10-8-15-4-1-2-5-17(15)14-26/h1-7,12,19-20,24-25H,8-11,13-14H2,(H,23,27). The highest BCUT2D eigenvalue weighted by molar-refractivity contribution is 5.80. The van der Waals surface area contributed by atoms with E-state index in [4.69, 9.17) is 0 Å². The van der Waals surface area contributed by atoms with Crippen LogP contribution in [-0.2, 0) is 17.8 Å². The first-order valence-corrected chi connectivity index (χ1v) is 9.51. The van der Waals surface area contributed by atoms with Crippen LogP contribution >= 0.6 is 0 Å². The third-order valence-corrected chi connectivity index (χ3v) is 5.46. The average Bonchev–Trinajstić information content (AvgIpc) is 3.18. The highest BCUT2D eigenvalue weighted by Gasteiger charge is 2.34. The first kappa shape index (κ1) is 18.1. The van der Waals surface area contributed by atoms with Crippen LogP contribution in [0, 0.1) is 11.7 Å². The highest BCUT2D eigenvalue weighted by atomic mass is 19.1. The second-order valence-electron chi connectivity index (χ2n) is 7.25. The summed E-state index contributed by atoms with van der Waals surface area (Å²) in [5, 5.41) is 3.06. The number of hydrogen-bond acceptors (Lipinski definition) is 4. The SMILES string of the molecule is O=C(NCCN1CCc2ccccc2C1)C1CNNC1c1cccc(F)c1. The normalized spacial score (nSPS) is 22.4. The lowest BCUT2D eigenvalue weighted by molar-refractivity contribution is -0.125. The molecule has 142 valence electrons. The number of fused-ring (bicyclic) bond motifs is 1. The number of amides is 1. The molecule has 1 saturated heterocycles. The third kappa shape index (κ3) is 4.18. The maximum Gasteiger partial charge on any atom is 0.226 e. The van der Waals surface area contributed by atoms with E-state index in [1.165, 1.54) is 23.3 Å². The summed E-state index contributed by atoms with van der Waals surface area (Å²) < 4.78 is 13.5. The summed E-state index contributed by atoms with van der Waals surface area (Å²) in [6.07, 6.45) is 1.06. The van der Waals surface area contributed by atoms with Gasteiger partial charge >= 0.3 is 0 Å². The Bertz CT molecular complexity index is 812. The van der Waals surface area contributed by atoms with E-state index in [1.807, 2.05) is 6.07 Å². The van der Waals surface area contributed by atoms with Crippen molar-refractivity contribution in [3.8, 4) is 0 Å². The van der Waals surface area contributed by atoms with Crippen LogP contribution in [0.3, 0.4) is 0 Å². The van der Waals surface area contributed by atoms with Gasteiger partial charge in [-0.25, -0.2) is 9.82 Å². The molecule has 0 radical (unpaired) electrons. The van der Waals surface area contributed by atoms with Gasteiger partial charge in [0.2, 0.25) is 5.91 Å². The van der Waals surface area contributed by atoms with Gasteiger partial charge in [-0.1, -0.05) is 36.4 Å². The van der Waals surface area contributed by atoms with Gasteiger partial charge in [0.15, 0.2) is 0 Å². The largest absolute Gasteiger partial charge is 0.354 e. The zero-order chi connectivity index (χ0) is 18.6. The lowest BCUT2D eigenvalue weighted by Gasteiger charge is -2.29. The van der Waals surface area contributed by atoms with Crippen LogP contribution in [0.1, 0.15) is 22.7 Å². The Kier molecular flexibility index (Phi) is 5.48. The van der Waals surface area contributed by atoms with Crippen molar-refractivity contribution < 1.29 is 9.18 Å². The molecule has 2 aromatic carbocycles. The van der Waals surface area contributed by atoms with E-state index < -0.39 is 0 Å². The highest BCUT2D eigenvalue weighted by Crippen LogP contribution is 2.25. The molecule has 2 aliphatic rings. The summed E-state index contributed by atoms with van der Waals surface area (Å²) in [7, 11) is 0. The van der Waals surface area contributed by atoms with E-state index >= 15 is 0 Å². The maximum absolute atomic E-state index is 13.5. The van der Waals surface area contributed by atoms with Gasteiger partial charge in [-0.3, -0.25) is 15.1 Å². The molecule has 0 bridgehead atoms. The number of nitrogens with zero attached hydrogens (tertiary/aromatic N) is 1. The predicted octanol–water partition coefficient (Wildman–Crippen LogP) is 1.77. The maximum atomic E-state index is 13.5. The van der Waals surface area contributed by atoms with Gasteiger partial charge < -0.3 is 5.32 Å². The third-order valence-electron chi connectivity index (χ3n) is 5.46. The van der Waals surface area contributed by atoms with Gasteiger partial charge in [0, 0.05) is 32.7 Å². The van der Waals surface area contributed by atoms with Gasteiger partial charge in [0.05, 0.1) is 12.0 Å². The Morgan fingerprint density at radius 3 is 2.89 bits per heavy atom. The Labute approximate surface area is 158 Å². The molecule has 6 heteroatoms. The van der Waals surface area contributed by atoms with E-state index in [-0.39, 0.29) is 23.7 Å². The molecule has 0 saturated carbocycles. The van der Waals surface area contributed by atoms with Crippen LogP contribution in [0.2, 0.25) is 0 Å². The summed E-state index contributed by atoms with van der Waals surface area (Å²) in [6, 6.07) is 14.7. The van der Waals surface area contributed by atoms with Crippen molar-refractivity contribution in [3.05, 3.63) is 71.0 Å². The van der Waals surface area contributed by atoms with Gasteiger partial charge in [0.25, 0.3) is 0 Å². The molecular weight excluding hydrogens is 343 g/mol. The molecule has 2 atom stereocenters. The van der Waals surface area contributed by atoms with E-state index in [9.17, 15) is 9.18 Å². The Balaban J connectivity index is 1.29. The Hall–Kier alpha value is -2.28. The van der Waals surface area contributed by atoms with Crippen LogP contribution in [0.15, 0.2) is 48.5 Å². The zero-order valence-corrected chi connectivity index (χ0v) is 15.2. The molecule has 4 rings (SSSR count). The van der Waals surface area contributed by atoms with Crippen LogP contribution in [-0.4, -0.2) is 37.0 Å². The van der Waals surface area contributed by atoms with Crippen LogP contribution in [0.25, 0.3) is 0 Å². The molecule has 2 aliphatic heterocycles. The molecule has 2 aromatic rings. The quantitative estimate of drug-likeness (QED) is 0.753. The lowest BCUT2D eigenvalue weighted by Crippen LogP contribution is -2.41. The first-order chi connectivity index (χ1) is 13.2. The molecule has 1 amide bonds. The molecule has 3 N–H and O–H groups in total. The fourth-order valence-corrected chi connectivity index (χ4v) is 3.97. The number of benzene rings is 2. The molecule has 2 heterocycles. The van der Waals surface area contributed by atoms with Crippen molar-refractivity contribution in [2.24, 2.45) is 5.92 Å². The van der Waals surface area contributed by atoms with Gasteiger partial charge in [-0.2, -0.15) is 0 Å². The summed E-state index contributed by atoms with van der Waals surface area (Å²) >= 11 is 0. The first-order valence-electron chi connectivity index (χ1n) is 9.51. The van der Waals surface area contributed by atoms with E-state index in [0.29, 0.717) is 13.1 Å². The number of hydrogen-bond donors (Lipinski definition) is 3. The topological polar surface area (TPSA) is 56.4 Å². The second kappa shape index (κ2) is 8.17. The van der Waals surface area contributed by atoms with Crippen LogP contribution in [0.4, 0.5) is 4.39 Å². The van der Waals surface area contributed by atoms with Crippen LogP contribution < -0.4 is 16.2 Å². The van der Waals surface area contributed by atoms with Crippen molar-refractivity contribution >= 4 is 5.91 Å². The average molecular weight is 368 g/mol. The number of halogens is 1. The molecule has 0 aliphatic carbocycles. The van der Waals surface area contributed by atoms with Crippen molar-refractivity contribution in [3.63, 3.8) is 0 Å².